The van der Waals surface area contributed by atoms with Crippen molar-refractivity contribution in [1.29, 1.82) is 0 Å². The number of hydrogen-bond donors (Lipinski definition) is 3. The molecule has 2 aromatic heterocycles. The van der Waals surface area contributed by atoms with Gasteiger partial charge in [-0.25, -0.2) is 4.98 Å². The molecule has 4 atom stereocenters. The molecule has 1 aromatic carbocycles. The molecule has 226 valence electrons. The van der Waals surface area contributed by atoms with Gasteiger partial charge >= 0.3 is 0 Å². The summed E-state index contributed by atoms with van der Waals surface area (Å²) in [4.78, 5) is 37.4. The van der Waals surface area contributed by atoms with Crippen molar-refractivity contribution >= 4 is 23.2 Å². The van der Waals surface area contributed by atoms with Crippen molar-refractivity contribution in [3.8, 4) is 10.4 Å². The first-order valence-electron chi connectivity index (χ1n) is 14.7. The van der Waals surface area contributed by atoms with Gasteiger partial charge in [0, 0.05) is 51.8 Å². The normalized spacial score (nSPS) is 21.3. The van der Waals surface area contributed by atoms with E-state index in [1.807, 2.05) is 56.6 Å². The molecule has 0 spiro atoms. The minimum Gasteiger partial charge on any atom is -0.391 e. The van der Waals surface area contributed by atoms with Crippen LogP contribution in [0.25, 0.3) is 10.4 Å². The number of nitrogens with one attached hydrogen (secondary N) is 2. The largest absolute Gasteiger partial charge is 0.391 e. The van der Waals surface area contributed by atoms with E-state index in [0.717, 1.165) is 47.9 Å². The number of thiazole rings is 1. The van der Waals surface area contributed by atoms with E-state index >= 15 is 0 Å². The van der Waals surface area contributed by atoms with Crippen molar-refractivity contribution in [3.05, 3.63) is 58.6 Å². The van der Waals surface area contributed by atoms with E-state index < -0.39 is 23.5 Å². The fourth-order valence-electron chi connectivity index (χ4n) is 6.26. The van der Waals surface area contributed by atoms with Gasteiger partial charge in [0.25, 0.3) is 0 Å². The van der Waals surface area contributed by atoms with Crippen LogP contribution in [0.2, 0.25) is 0 Å². The molecule has 2 unspecified atom stereocenters. The molecule has 3 N–H and O–H groups in total. The van der Waals surface area contributed by atoms with Gasteiger partial charge in [-0.15, -0.1) is 11.3 Å². The van der Waals surface area contributed by atoms with Crippen LogP contribution in [0.3, 0.4) is 0 Å². The van der Waals surface area contributed by atoms with Gasteiger partial charge in [0.05, 0.1) is 33.9 Å². The smallest absolute Gasteiger partial charge is 0.243 e. The second-order valence-electron chi connectivity index (χ2n) is 12.3. The van der Waals surface area contributed by atoms with Crippen molar-refractivity contribution in [2.75, 3.05) is 39.3 Å². The van der Waals surface area contributed by atoms with Crippen LogP contribution in [-0.2, 0) is 9.59 Å². The van der Waals surface area contributed by atoms with Gasteiger partial charge in [0.2, 0.25) is 11.8 Å². The third-order valence-corrected chi connectivity index (χ3v) is 9.42. The van der Waals surface area contributed by atoms with Crippen LogP contribution < -0.4 is 10.6 Å². The van der Waals surface area contributed by atoms with Crippen molar-refractivity contribution in [2.45, 2.75) is 65.1 Å². The summed E-state index contributed by atoms with van der Waals surface area (Å²) in [5, 5.41) is 21.2. The highest BCUT2D eigenvalue weighted by Crippen LogP contribution is 2.40. The molecule has 2 aliphatic rings. The molecular formula is C31H42N6O4S. The number of benzene rings is 1. The Morgan fingerprint density at radius 3 is 2.55 bits per heavy atom. The Morgan fingerprint density at radius 1 is 1.21 bits per heavy atom. The zero-order valence-corrected chi connectivity index (χ0v) is 25.9. The Kier molecular flexibility index (Phi) is 9.12. The number of aromatic nitrogens is 2. The van der Waals surface area contributed by atoms with Gasteiger partial charge in [0.1, 0.15) is 17.7 Å². The van der Waals surface area contributed by atoms with Gasteiger partial charge in [-0.3, -0.25) is 9.59 Å². The van der Waals surface area contributed by atoms with E-state index in [2.05, 4.69) is 39.5 Å². The van der Waals surface area contributed by atoms with Crippen molar-refractivity contribution in [3.63, 3.8) is 0 Å². The number of carbonyl (C=O) groups is 2. The molecule has 2 fully saturated rings. The SMILES string of the molecule is Cc1cc(C(C(=O)N2C[C@H](O)C[C@H]2C(=O)NC(C)c2ccc(-c3scnc3C)cc2)C(C)(C)CN2CCNCC2)on1. The van der Waals surface area contributed by atoms with Gasteiger partial charge in [-0.1, -0.05) is 43.3 Å². The fraction of sp³-hybridized carbons (Fsp3) is 0.548. The Hall–Kier alpha value is -3.12. The molecule has 0 aliphatic carbocycles. The third-order valence-electron chi connectivity index (χ3n) is 8.44. The Morgan fingerprint density at radius 2 is 1.93 bits per heavy atom. The zero-order chi connectivity index (χ0) is 30.0. The molecule has 0 radical (unpaired) electrons. The maximum Gasteiger partial charge on any atom is 0.243 e. The first-order valence-corrected chi connectivity index (χ1v) is 15.6. The van der Waals surface area contributed by atoms with Crippen molar-refractivity contribution in [2.24, 2.45) is 5.41 Å². The van der Waals surface area contributed by atoms with Crippen molar-refractivity contribution in [1.82, 2.24) is 30.6 Å². The fourth-order valence-corrected chi connectivity index (χ4v) is 7.08. The van der Waals surface area contributed by atoms with E-state index in [9.17, 15) is 14.7 Å². The molecule has 42 heavy (non-hydrogen) atoms. The van der Waals surface area contributed by atoms with Gasteiger partial charge in [0.15, 0.2) is 0 Å². The third kappa shape index (κ3) is 6.59. The number of carbonyl (C=O) groups excluding carboxylic acids is 2. The second kappa shape index (κ2) is 12.6. The van der Waals surface area contributed by atoms with Gasteiger partial charge in [-0.05, 0) is 37.3 Å². The highest BCUT2D eigenvalue weighted by atomic mass is 32.1. The molecule has 2 saturated heterocycles. The number of aliphatic hydroxyl groups is 1. The maximum absolute atomic E-state index is 14.3. The molecule has 4 heterocycles. The van der Waals surface area contributed by atoms with E-state index in [1.54, 1.807) is 16.2 Å². The minimum atomic E-state index is -0.782. The maximum atomic E-state index is 14.3. The van der Waals surface area contributed by atoms with E-state index in [1.165, 1.54) is 0 Å². The van der Waals surface area contributed by atoms with E-state index in [4.69, 9.17) is 4.52 Å². The summed E-state index contributed by atoms with van der Waals surface area (Å²) in [6.07, 6.45) is -0.593. The molecule has 0 bridgehead atoms. The number of hydrogen-bond acceptors (Lipinski definition) is 9. The lowest BCUT2D eigenvalue weighted by Gasteiger charge is -2.40. The summed E-state index contributed by atoms with van der Waals surface area (Å²) in [6.45, 7) is 14.3. The molecule has 10 nitrogen and oxygen atoms in total. The predicted octanol–water partition coefficient (Wildman–Crippen LogP) is 3.27. The van der Waals surface area contributed by atoms with E-state index in [0.29, 0.717) is 18.0 Å². The highest BCUT2D eigenvalue weighted by Gasteiger charge is 2.48. The van der Waals surface area contributed by atoms with Crippen molar-refractivity contribution < 1.29 is 19.2 Å². The number of amides is 2. The van der Waals surface area contributed by atoms with Gasteiger partial charge in [-0.2, -0.15) is 0 Å². The Labute approximate surface area is 251 Å². The van der Waals surface area contributed by atoms with Crippen LogP contribution in [0.1, 0.15) is 61.9 Å². The summed E-state index contributed by atoms with van der Waals surface area (Å²) in [5.74, 6) is -0.667. The quantitative estimate of drug-likeness (QED) is 0.345. The Bertz CT molecular complexity index is 1380. The summed E-state index contributed by atoms with van der Waals surface area (Å²) in [6, 6.07) is 8.84. The first kappa shape index (κ1) is 30.3. The summed E-state index contributed by atoms with van der Waals surface area (Å²) >= 11 is 1.60. The molecule has 2 amide bonds. The summed E-state index contributed by atoms with van der Waals surface area (Å²) in [5.41, 5.74) is 5.06. The summed E-state index contributed by atoms with van der Waals surface area (Å²) < 4.78 is 5.68. The summed E-state index contributed by atoms with van der Waals surface area (Å²) in [7, 11) is 0. The molecule has 5 rings (SSSR count). The molecule has 3 aromatic rings. The Balaban J connectivity index is 1.33. The highest BCUT2D eigenvalue weighted by molar-refractivity contribution is 7.13. The molecule has 2 aliphatic heterocycles. The predicted molar refractivity (Wildman–Crippen MR) is 162 cm³/mol. The number of rotatable bonds is 9. The minimum absolute atomic E-state index is 0.0987. The lowest BCUT2D eigenvalue weighted by molar-refractivity contribution is -0.142. The van der Waals surface area contributed by atoms with Gasteiger partial charge < -0.3 is 30.1 Å². The number of nitrogens with zero attached hydrogens (tertiary/aromatic N) is 4. The lowest BCUT2D eigenvalue weighted by atomic mass is 9.75. The number of likely N-dealkylation sites (tertiary alicyclic amines) is 1. The average Bonchev–Trinajstić information content (AvgIpc) is 3.68. The molecular weight excluding hydrogens is 552 g/mol. The van der Waals surface area contributed by atoms with Crippen LogP contribution in [0.15, 0.2) is 40.4 Å². The van der Waals surface area contributed by atoms with Crippen LogP contribution in [0, 0.1) is 19.3 Å². The first-order chi connectivity index (χ1) is 20.0. The molecule has 0 saturated carbocycles. The lowest BCUT2D eigenvalue weighted by Crippen LogP contribution is -2.52. The van der Waals surface area contributed by atoms with Crippen LogP contribution in [-0.4, -0.2) is 88.3 Å². The average molecular weight is 595 g/mol. The monoisotopic (exact) mass is 594 g/mol. The molecule has 11 heteroatoms. The topological polar surface area (TPSA) is 124 Å². The second-order valence-corrected chi connectivity index (χ2v) is 13.2. The zero-order valence-electron chi connectivity index (χ0n) is 25.1. The number of aryl methyl sites for hydroxylation is 2. The van der Waals surface area contributed by atoms with Crippen LogP contribution in [0.4, 0.5) is 0 Å². The number of β-amino-alcohol motifs (C(OH)–C–C–N with tert-alkyl or cyclic N) is 1. The van der Waals surface area contributed by atoms with Crippen LogP contribution >= 0.6 is 11.3 Å². The number of piperazine rings is 1. The standard InChI is InChI=1S/C31H42N6O4S/c1-19-14-26(41-35-19)27(31(4,5)17-36-12-10-32-11-13-36)30(40)37-16-24(38)15-25(37)29(39)34-20(2)22-6-8-23(9-7-22)28-21(3)33-18-42-28/h6-9,14,18,20,24-25,27,32,38H,10-13,15-17H2,1-5H3,(H,34,39)/t20?,24-,25+,27?/m1/s1. The van der Waals surface area contributed by atoms with Crippen LogP contribution in [0.5, 0.6) is 0 Å². The number of aliphatic hydroxyl groups excluding tert-OH is 1. The van der Waals surface area contributed by atoms with E-state index in [-0.39, 0.29) is 30.8 Å².